The van der Waals surface area contributed by atoms with E-state index in [1.165, 1.54) is 0 Å². The normalized spacial score (nSPS) is 12.0. The number of hydrogen-bond acceptors (Lipinski definition) is 6. The lowest BCUT2D eigenvalue weighted by atomic mass is 10.2. The maximum absolute atomic E-state index is 11.9. The molecule has 4 N–H and O–H groups in total. The zero-order valence-corrected chi connectivity index (χ0v) is 13.2. The summed E-state index contributed by atoms with van der Waals surface area (Å²) in [5.41, 5.74) is 4.27. The molecule has 22 heavy (non-hydrogen) atoms. The van der Waals surface area contributed by atoms with Gasteiger partial charge in [-0.25, -0.2) is 4.79 Å². The van der Waals surface area contributed by atoms with Crippen LogP contribution in [0, 0.1) is 0 Å². The number of alkyl carbamates (subject to hydrolysis) is 1. The van der Waals surface area contributed by atoms with Gasteiger partial charge in [-0.2, -0.15) is 0 Å². The monoisotopic (exact) mass is 317 g/mol. The first-order chi connectivity index (χ1) is 10.0. The van der Waals surface area contributed by atoms with E-state index >= 15 is 0 Å². The fourth-order valence-electron chi connectivity index (χ4n) is 1.35. The van der Waals surface area contributed by atoms with Gasteiger partial charge < -0.3 is 25.8 Å². The van der Waals surface area contributed by atoms with Crippen LogP contribution in [0.1, 0.15) is 34.1 Å². The zero-order chi connectivity index (χ0) is 17.3. The Labute approximate surface area is 128 Å². The predicted molar refractivity (Wildman–Crippen MR) is 76.6 cm³/mol. The molecule has 0 rings (SSSR count). The quantitative estimate of drug-likeness (QED) is 0.538. The third-order valence-electron chi connectivity index (χ3n) is 2.13. The Morgan fingerprint density at radius 3 is 2.23 bits per heavy atom. The highest BCUT2D eigenvalue weighted by Crippen LogP contribution is 2.07. The van der Waals surface area contributed by atoms with Gasteiger partial charge in [-0.3, -0.25) is 14.4 Å². The van der Waals surface area contributed by atoms with Crippen LogP contribution in [0.15, 0.2) is 0 Å². The standard InChI is InChI=1S/C13H23N3O6/c1-5-21-10(18)7-15-11(19)8(6-9(14)17)16-12(20)22-13(2,3)4/h8H,5-7H2,1-4H3,(H2,14,17)(H,15,19)(H,16,20)/t8-/m1/s1. The van der Waals surface area contributed by atoms with Gasteiger partial charge in [-0.05, 0) is 27.7 Å². The van der Waals surface area contributed by atoms with Crippen LogP contribution in [0.4, 0.5) is 4.79 Å². The molecule has 9 heteroatoms. The number of carbonyl (C=O) groups excluding carboxylic acids is 4. The Hall–Kier alpha value is -2.32. The average Bonchev–Trinajstić information content (AvgIpc) is 2.32. The molecule has 0 aromatic heterocycles. The second-order valence-electron chi connectivity index (χ2n) is 5.39. The lowest BCUT2D eigenvalue weighted by molar-refractivity contribution is -0.143. The molecule has 0 fully saturated rings. The molecule has 3 amide bonds. The summed E-state index contributed by atoms with van der Waals surface area (Å²) in [7, 11) is 0. The molecule has 1 atom stereocenters. The largest absolute Gasteiger partial charge is 0.465 e. The van der Waals surface area contributed by atoms with Gasteiger partial charge in [0.15, 0.2) is 0 Å². The average molecular weight is 317 g/mol. The Bertz CT molecular complexity index is 430. The number of nitrogens with one attached hydrogen (secondary N) is 2. The van der Waals surface area contributed by atoms with E-state index in [1.807, 2.05) is 0 Å². The summed E-state index contributed by atoms with van der Waals surface area (Å²) in [5.74, 6) is -2.16. The van der Waals surface area contributed by atoms with Gasteiger partial charge >= 0.3 is 12.1 Å². The van der Waals surface area contributed by atoms with Gasteiger partial charge in [0.05, 0.1) is 13.0 Å². The molecule has 0 aliphatic carbocycles. The molecule has 0 aromatic rings. The zero-order valence-electron chi connectivity index (χ0n) is 13.2. The molecule has 0 heterocycles. The highest BCUT2D eigenvalue weighted by atomic mass is 16.6. The van der Waals surface area contributed by atoms with Crippen molar-refractivity contribution in [2.45, 2.75) is 45.8 Å². The van der Waals surface area contributed by atoms with E-state index in [4.69, 9.17) is 10.5 Å². The number of hydrogen-bond donors (Lipinski definition) is 3. The Morgan fingerprint density at radius 2 is 1.77 bits per heavy atom. The molecule has 0 aromatic carbocycles. The number of esters is 1. The first-order valence-corrected chi connectivity index (χ1v) is 6.76. The van der Waals surface area contributed by atoms with Crippen LogP contribution in [0.2, 0.25) is 0 Å². The van der Waals surface area contributed by atoms with Gasteiger partial charge in [0.25, 0.3) is 0 Å². The first kappa shape index (κ1) is 19.7. The summed E-state index contributed by atoms with van der Waals surface area (Å²) in [5, 5.41) is 4.48. The summed E-state index contributed by atoms with van der Waals surface area (Å²) in [6.45, 7) is 6.37. The summed E-state index contributed by atoms with van der Waals surface area (Å²) < 4.78 is 9.63. The van der Waals surface area contributed by atoms with Crippen molar-refractivity contribution in [3.05, 3.63) is 0 Å². The molecule has 0 spiro atoms. The summed E-state index contributed by atoms with van der Waals surface area (Å²) in [4.78, 5) is 45.7. The van der Waals surface area contributed by atoms with Gasteiger partial charge in [-0.15, -0.1) is 0 Å². The summed E-state index contributed by atoms with van der Waals surface area (Å²) in [6, 6.07) is -1.23. The van der Waals surface area contributed by atoms with Crippen LogP contribution in [0.25, 0.3) is 0 Å². The number of primary amides is 1. The lowest BCUT2D eigenvalue weighted by Crippen LogP contribution is -2.50. The highest BCUT2D eigenvalue weighted by molar-refractivity contribution is 5.92. The predicted octanol–water partition coefficient (Wildman–Crippen LogP) is -0.566. The molecule has 0 bridgehead atoms. The minimum Gasteiger partial charge on any atom is -0.465 e. The molecule has 0 aliphatic heterocycles. The molecule has 0 saturated heterocycles. The van der Waals surface area contributed by atoms with E-state index in [2.05, 4.69) is 15.4 Å². The number of rotatable bonds is 7. The van der Waals surface area contributed by atoms with Crippen LogP contribution in [-0.4, -0.2) is 48.7 Å². The molecule has 126 valence electrons. The van der Waals surface area contributed by atoms with E-state index in [9.17, 15) is 19.2 Å². The third-order valence-corrected chi connectivity index (χ3v) is 2.13. The molecule has 9 nitrogen and oxygen atoms in total. The fraction of sp³-hybridized carbons (Fsp3) is 0.692. The smallest absolute Gasteiger partial charge is 0.408 e. The van der Waals surface area contributed by atoms with Crippen molar-refractivity contribution in [3.63, 3.8) is 0 Å². The van der Waals surface area contributed by atoms with E-state index in [1.54, 1.807) is 27.7 Å². The number of amides is 3. The Morgan fingerprint density at radius 1 is 1.18 bits per heavy atom. The molecular formula is C13H23N3O6. The molecule has 0 saturated carbocycles. The first-order valence-electron chi connectivity index (χ1n) is 6.76. The van der Waals surface area contributed by atoms with E-state index in [0.717, 1.165) is 0 Å². The number of nitrogens with two attached hydrogens (primary N) is 1. The van der Waals surface area contributed by atoms with Crippen LogP contribution < -0.4 is 16.4 Å². The van der Waals surface area contributed by atoms with Gasteiger partial charge in [0, 0.05) is 0 Å². The van der Waals surface area contributed by atoms with Crippen molar-refractivity contribution in [2.75, 3.05) is 13.2 Å². The van der Waals surface area contributed by atoms with Crippen molar-refractivity contribution in [3.8, 4) is 0 Å². The summed E-state index contributed by atoms with van der Waals surface area (Å²) in [6.07, 6.45) is -1.29. The van der Waals surface area contributed by atoms with Crippen molar-refractivity contribution < 1.29 is 28.7 Å². The molecule has 0 unspecified atom stereocenters. The van der Waals surface area contributed by atoms with Crippen molar-refractivity contribution >= 4 is 23.9 Å². The Balaban J connectivity index is 4.62. The maximum Gasteiger partial charge on any atom is 0.408 e. The lowest BCUT2D eigenvalue weighted by Gasteiger charge is -2.22. The van der Waals surface area contributed by atoms with Crippen LogP contribution in [0.5, 0.6) is 0 Å². The van der Waals surface area contributed by atoms with Crippen molar-refractivity contribution in [2.24, 2.45) is 5.73 Å². The van der Waals surface area contributed by atoms with Crippen molar-refractivity contribution in [1.82, 2.24) is 10.6 Å². The van der Waals surface area contributed by atoms with Crippen LogP contribution >= 0.6 is 0 Å². The van der Waals surface area contributed by atoms with E-state index in [0.29, 0.717) is 0 Å². The Kier molecular flexibility index (Phi) is 7.92. The molecule has 0 radical (unpaired) electrons. The van der Waals surface area contributed by atoms with E-state index in [-0.39, 0.29) is 13.2 Å². The topological polar surface area (TPSA) is 137 Å². The molecular weight excluding hydrogens is 294 g/mol. The van der Waals surface area contributed by atoms with Gasteiger partial charge in [0.1, 0.15) is 18.2 Å². The second kappa shape index (κ2) is 8.85. The van der Waals surface area contributed by atoms with Gasteiger partial charge in [0.2, 0.25) is 11.8 Å². The van der Waals surface area contributed by atoms with Crippen molar-refractivity contribution in [1.29, 1.82) is 0 Å². The summed E-state index contributed by atoms with van der Waals surface area (Å²) >= 11 is 0. The van der Waals surface area contributed by atoms with Crippen LogP contribution in [-0.2, 0) is 23.9 Å². The number of carbonyl (C=O) groups is 4. The fourth-order valence-corrected chi connectivity index (χ4v) is 1.35. The van der Waals surface area contributed by atoms with Gasteiger partial charge in [-0.1, -0.05) is 0 Å². The third kappa shape index (κ3) is 9.56. The maximum atomic E-state index is 11.9. The number of ether oxygens (including phenoxy) is 2. The SMILES string of the molecule is CCOC(=O)CNC(=O)[C@@H](CC(N)=O)NC(=O)OC(C)(C)C. The second-order valence-corrected chi connectivity index (χ2v) is 5.39. The van der Waals surface area contributed by atoms with E-state index < -0.39 is 41.9 Å². The minimum atomic E-state index is -1.23. The minimum absolute atomic E-state index is 0.176. The van der Waals surface area contributed by atoms with Crippen LogP contribution in [0.3, 0.4) is 0 Å². The molecule has 0 aliphatic rings. The highest BCUT2D eigenvalue weighted by Gasteiger charge is 2.26.